The summed E-state index contributed by atoms with van der Waals surface area (Å²) in [6.07, 6.45) is 2.96. The van der Waals surface area contributed by atoms with E-state index in [2.05, 4.69) is 29.1 Å². The standard InChI is InChI=1S/C13H13ClN4O/c1-13(2)5-9-8(10(19)6-13)7-15-18(9)12-4-3-11(14)16-17-12/h3-4,7H,5-6H2,1-2H3. The molecule has 1 aliphatic rings. The molecule has 5 nitrogen and oxygen atoms in total. The molecule has 0 fully saturated rings. The predicted molar refractivity (Wildman–Crippen MR) is 70.6 cm³/mol. The molecule has 0 radical (unpaired) electrons. The second-order valence-electron chi connectivity index (χ2n) is 5.57. The van der Waals surface area contributed by atoms with Crippen molar-refractivity contribution in [3.63, 3.8) is 0 Å². The van der Waals surface area contributed by atoms with E-state index >= 15 is 0 Å². The van der Waals surface area contributed by atoms with Gasteiger partial charge in [0, 0.05) is 6.42 Å². The van der Waals surface area contributed by atoms with E-state index in [0.717, 1.165) is 12.1 Å². The number of nitrogens with zero attached hydrogens (tertiary/aromatic N) is 4. The van der Waals surface area contributed by atoms with Gasteiger partial charge in [0.1, 0.15) is 0 Å². The highest BCUT2D eigenvalue weighted by molar-refractivity contribution is 6.29. The minimum Gasteiger partial charge on any atom is -0.294 e. The van der Waals surface area contributed by atoms with Gasteiger partial charge in [-0.2, -0.15) is 5.10 Å². The Morgan fingerprint density at radius 2 is 2.05 bits per heavy atom. The fourth-order valence-electron chi connectivity index (χ4n) is 2.44. The molecule has 19 heavy (non-hydrogen) atoms. The third-order valence-corrected chi connectivity index (χ3v) is 3.49. The Kier molecular flexibility index (Phi) is 2.67. The summed E-state index contributed by atoms with van der Waals surface area (Å²) in [5.74, 6) is 0.718. The molecule has 2 aromatic heterocycles. The van der Waals surface area contributed by atoms with Crippen LogP contribution in [-0.2, 0) is 6.42 Å². The molecule has 0 N–H and O–H groups in total. The number of ketones is 1. The van der Waals surface area contributed by atoms with E-state index in [9.17, 15) is 4.79 Å². The van der Waals surface area contributed by atoms with Crippen molar-refractivity contribution < 1.29 is 4.79 Å². The lowest BCUT2D eigenvalue weighted by molar-refractivity contribution is 0.0911. The van der Waals surface area contributed by atoms with E-state index < -0.39 is 0 Å². The van der Waals surface area contributed by atoms with Crippen LogP contribution in [0.1, 0.15) is 36.3 Å². The van der Waals surface area contributed by atoms with Crippen LogP contribution in [0.15, 0.2) is 18.3 Å². The summed E-state index contributed by atoms with van der Waals surface area (Å²) in [6.45, 7) is 4.16. The van der Waals surface area contributed by atoms with Gasteiger partial charge in [-0.15, -0.1) is 10.2 Å². The van der Waals surface area contributed by atoms with Crippen molar-refractivity contribution in [3.05, 3.63) is 34.7 Å². The smallest absolute Gasteiger partial charge is 0.176 e. The molecule has 3 rings (SSSR count). The summed E-state index contributed by atoms with van der Waals surface area (Å²) < 4.78 is 1.68. The van der Waals surface area contributed by atoms with E-state index in [-0.39, 0.29) is 11.2 Å². The van der Waals surface area contributed by atoms with Gasteiger partial charge in [0.25, 0.3) is 0 Å². The van der Waals surface area contributed by atoms with E-state index in [1.165, 1.54) is 0 Å². The van der Waals surface area contributed by atoms with Crippen molar-refractivity contribution >= 4 is 17.4 Å². The zero-order valence-corrected chi connectivity index (χ0v) is 11.5. The SMILES string of the molecule is CC1(C)CC(=O)c2cnn(-c3ccc(Cl)nn3)c2C1. The molecule has 0 aromatic carbocycles. The Balaban J connectivity index is 2.11. The highest BCUT2D eigenvalue weighted by Gasteiger charge is 2.34. The van der Waals surface area contributed by atoms with Gasteiger partial charge in [-0.25, -0.2) is 4.68 Å². The van der Waals surface area contributed by atoms with Crippen LogP contribution in [0.5, 0.6) is 0 Å². The second kappa shape index (κ2) is 4.13. The minimum absolute atomic E-state index is 0.0538. The fraction of sp³-hybridized carbons (Fsp3) is 0.385. The van der Waals surface area contributed by atoms with E-state index in [0.29, 0.717) is 23.0 Å². The van der Waals surface area contributed by atoms with Crippen LogP contribution in [0.2, 0.25) is 5.15 Å². The van der Waals surface area contributed by atoms with Gasteiger partial charge in [0.2, 0.25) is 0 Å². The fourth-order valence-corrected chi connectivity index (χ4v) is 2.54. The van der Waals surface area contributed by atoms with Gasteiger partial charge in [0.15, 0.2) is 16.8 Å². The van der Waals surface area contributed by atoms with Crippen LogP contribution >= 0.6 is 11.6 Å². The molecule has 0 saturated carbocycles. The maximum absolute atomic E-state index is 12.1. The van der Waals surface area contributed by atoms with Gasteiger partial charge < -0.3 is 0 Å². The van der Waals surface area contributed by atoms with E-state index in [1.54, 1.807) is 23.0 Å². The maximum atomic E-state index is 12.1. The number of Topliss-reactive ketones (excluding diaryl/α,β-unsaturated/α-hetero) is 1. The van der Waals surface area contributed by atoms with Crippen LogP contribution in [-0.4, -0.2) is 25.8 Å². The highest BCUT2D eigenvalue weighted by atomic mass is 35.5. The summed E-state index contributed by atoms with van der Waals surface area (Å²) in [4.78, 5) is 12.1. The van der Waals surface area contributed by atoms with E-state index in [1.807, 2.05) is 0 Å². The third-order valence-electron chi connectivity index (χ3n) is 3.29. The number of halogens is 1. The average molecular weight is 277 g/mol. The molecular formula is C13H13ClN4O. The van der Waals surface area contributed by atoms with Crippen molar-refractivity contribution in [3.8, 4) is 5.82 Å². The van der Waals surface area contributed by atoms with Crippen molar-refractivity contribution in [1.29, 1.82) is 0 Å². The van der Waals surface area contributed by atoms with Crippen molar-refractivity contribution in [2.24, 2.45) is 5.41 Å². The largest absolute Gasteiger partial charge is 0.294 e. The van der Waals surface area contributed by atoms with Gasteiger partial charge in [-0.3, -0.25) is 4.79 Å². The molecule has 1 aliphatic carbocycles. The molecule has 2 heterocycles. The molecule has 0 spiro atoms. The Morgan fingerprint density at radius 1 is 1.26 bits per heavy atom. The lowest BCUT2D eigenvalue weighted by Gasteiger charge is -2.28. The molecule has 0 unspecified atom stereocenters. The van der Waals surface area contributed by atoms with Crippen LogP contribution < -0.4 is 0 Å². The lowest BCUT2D eigenvalue weighted by atomic mass is 9.76. The van der Waals surface area contributed by atoms with Gasteiger partial charge in [-0.05, 0) is 24.0 Å². The van der Waals surface area contributed by atoms with E-state index in [4.69, 9.17) is 11.6 Å². The first kappa shape index (κ1) is 12.3. The van der Waals surface area contributed by atoms with Gasteiger partial charge in [0.05, 0.1) is 17.5 Å². The number of hydrogen-bond donors (Lipinski definition) is 0. The normalized spacial score (nSPS) is 17.3. The summed E-state index contributed by atoms with van der Waals surface area (Å²) in [7, 11) is 0. The number of fused-ring (bicyclic) bond motifs is 1. The number of rotatable bonds is 1. The summed E-state index contributed by atoms with van der Waals surface area (Å²) in [5, 5.41) is 12.4. The molecule has 0 bridgehead atoms. The summed E-state index contributed by atoms with van der Waals surface area (Å²) in [6, 6.07) is 3.41. The first-order valence-electron chi connectivity index (χ1n) is 6.06. The minimum atomic E-state index is -0.0538. The highest BCUT2D eigenvalue weighted by Crippen LogP contribution is 2.35. The Labute approximate surface area is 115 Å². The van der Waals surface area contributed by atoms with Crippen LogP contribution in [0.3, 0.4) is 0 Å². The van der Waals surface area contributed by atoms with Crippen molar-refractivity contribution in [1.82, 2.24) is 20.0 Å². The molecule has 6 heteroatoms. The summed E-state index contributed by atoms with van der Waals surface area (Å²) in [5.41, 5.74) is 1.54. The summed E-state index contributed by atoms with van der Waals surface area (Å²) >= 11 is 5.73. The number of hydrogen-bond acceptors (Lipinski definition) is 4. The number of aromatic nitrogens is 4. The molecule has 0 saturated heterocycles. The van der Waals surface area contributed by atoms with Crippen molar-refractivity contribution in [2.45, 2.75) is 26.7 Å². The molecule has 0 amide bonds. The van der Waals surface area contributed by atoms with Crippen molar-refractivity contribution in [2.75, 3.05) is 0 Å². The Hall–Kier alpha value is -1.75. The molecule has 2 aromatic rings. The average Bonchev–Trinajstić information content (AvgIpc) is 2.72. The molecular weight excluding hydrogens is 264 g/mol. The van der Waals surface area contributed by atoms with Crippen LogP contribution in [0.25, 0.3) is 5.82 Å². The van der Waals surface area contributed by atoms with Crippen LogP contribution in [0, 0.1) is 5.41 Å². The predicted octanol–water partition coefficient (Wildman–Crippen LogP) is 2.47. The monoisotopic (exact) mass is 276 g/mol. The zero-order chi connectivity index (χ0) is 13.6. The lowest BCUT2D eigenvalue weighted by Crippen LogP contribution is -2.28. The first-order chi connectivity index (χ1) is 8.96. The third kappa shape index (κ3) is 2.14. The van der Waals surface area contributed by atoms with Crippen LogP contribution in [0.4, 0.5) is 0 Å². The molecule has 98 valence electrons. The first-order valence-corrected chi connectivity index (χ1v) is 6.44. The molecule has 0 atom stereocenters. The topological polar surface area (TPSA) is 60.7 Å². The van der Waals surface area contributed by atoms with Gasteiger partial charge >= 0.3 is 0 Å². The Bertz CT molecular complexity index is 645. The Morgan fingerprint density at radius 3 is 2.74 bits per heavy atom. The zero-order valence-electron chi connectivity index (χ0n) is 10.7. The maximum Gasteiger partial charge on any atom is 0.176 e. The number of carbonyl (C=O) groups excluding carboxylic acids is 1. The van der Waals surface area contributed by atoms with Gasteiger partial charge in [-0.1, -0.05) is 25.4 Å². The molecule has 0 aliphatic heterocycles. The quantitative estimate of drug-likeness (QED) is 0.803. The number of carbonyl (C=O) groups is 1. The second-order valence-corrected chi connectivity index (χ2v) is 5.96.